The van der Waals surface area contributed by atoms with Gasteiger partial charge in [-0.15, -0.1) is 0 Å². The molecule has 376 valence electrons. The summed E-state index contributed by atoms with van der Waals surface area (Å²) in [5, 5.41) is 2.54. The lowest BCUT2D eigenvalue weighted by Gasteiger charge is -2.31. The second-order valence-electron chi connectivity index (χ2n) is 24.9. The number of hydrogen-bond donors (Lipinski definition) is 0. The first-order chi connectivity index (χ1) is 35.2. The maximum absolute atomic E-state index is 7.11. The highest BCUT2D eigenvalue weighted by Gasteiger charge is 2.34. The third kappa shape index (κ3) is 8.70. The fourth-order valence-corrected chi connectivity index (χ4v) is 11.1. The zero-order valence-electron chi connectivity index (χ0n) is 46.0. The minimum Gasteiger partial charge on any atom is -0.457 e. The van der Waals surface area contributed by atoms with Crippen molar-refractivity contribution in [3.8, 4) is 39.6 Å². The van der Waals surface area contributed by atoms with E-state index in [1.54, 1.807) is 0 Å². The molecule has 0 saturated heterocycles. The highest BCUT2D eigenvalue weighted by Crippen LogP contribution is 2.53. The van der Waals surface area contributed by atoms with Crippen LogP contribution in [0.4, 0.5) is 22.7 Å². The number of benzene rings is 7. The number of nitrogens with zero attached hydrogens (tertiary/aromatic N) is 5. The third-order valence-electron chi connectivity index (χ3n) is 15.4. The number of para-hydroxylation sites is 2. The van der Waals surface area contributed by atoms with Crippen LogP contribution in [0.15, 0.2) is 158 Å². The Morgan fingerprint density at radius 2 is 1.05 bits per heavy atom. The lowest BCUT2D eigenvalue weighted by Crippen LogP contribution is -2.25. The van der Waals surface area contributed by atoms with E-state index in [2.05, 4.69) is 261 Å². The number of ether oxygens (including phenoxy) is 1. The summed E-state index contributed by atoms with van der Waals surface area (Å²) in [6, 6.07) is 56.5. The summed E-state index contributed by atoms with van der Waals surface area (Å²) < 4.78 is 12.0. The fourth-order valence-electron chi connectivity index (χ4n) is 11.1. The number of anilines is 4. The highest BCUT2D eigenvalue weighted by atomic mass is 16.5. The van der Waals surface area contributed by atoms with Gasteiger partial charge in [0.15, 0.2) is 0 Å². The molecule has 1 aliphatic rings. The van der Waals surface area contributed by atoms with Gasteiger partial charge in [-0.1, -0.05) is 169 Å². The molecule has 74 heavy (non-hydrogen) atoms. The highest BCUT2D eigenvalue weighted by molar-refractivity contribution is 6.25. The summed E-state index contributed by atoms with van der Waals surface area (Å²) in [6.07, 6.45) is 4.16. The van der Waals surface area contributed by atoms with Crippen LogP contribution in [0.1, 0.15) is 125 Å². The largest absolute Gasteiger partial charge is 0.457 e. The summed E-state index contributed by atoms with van der Waals surface area (Å²) in [7, 11) is 0. The van der Waals surface area contributed by atoms with Crippen LogP contribution in [-0.2, 0) is 28.2 Å². The van der Waals surface area contributed by atoms with E-state index in [0.717, 1.165) is 59.1 Å². The predicted molar refractivity (Wildman–Crippen MR) is 314 cm³/mol. The Labute approximate surface area is 439 Å². The number of fused-ring (bicyclic) bond motifs is 1. The van der Waals surface area contributed by atoms with Crippen molar-refractivity contribution < 1.29 is 4.74 Å². The minimum absolute atomic E-state index is 0.0233. The van der Waals surface area contributed by atoms with Crippen molar-refractivity contribution in [2.75, 3.05) is 16.5 Å². The van der Waals surface area contributed by atoms with E-state index in [1.165, 1.54) is 77.7 Å². The topological polar surface area (TPSA) is 38.5 Å². The fraction of sp³-hybridized carbons (Fsp3) is 0.309. The van der Waals surface area contributed by atoms with Crippen LogP contribution in [0, 0.1) is 0 Å². The second kappa shape index (κ2) is 18.0. The summed E-state index contributed by atoms with van der Waals surface area (Å²) in [4.78, 5) is 10.0. The number of pyridine rings is 1. The Morgan fingerprint density at radius 1 is 0.473 bits per heavy atom. The van der Waals surface area contributed by atoms with Gasteiger partial charge in [0.2, 0.25) is 0 Å². The Kier molecular flexibility index (Phi) is 11.9. The maximum atomic E-state index is 7.11. The van der Waals surface area contributed by atoms with Crippen LogP contribution in [0.5, 0.6) is 11.5 Å². The number of rotatable bonds is 10. The number of hydrogen-bond acceptors (Lipinski definition) is 4. The van der Waals surface area contributed by atoms with E-state index in [0.29, 0.717) is 6.67 Å². The van der Waals surface area contributed by atoms with Gasteiger partial charge in [-0.25, -0.2) is 4.98 Å². The second-order valence-corrected chi connectivity index (χ2v) is 24.9. The van der Waals surface area contributed by atoms with Gasteiger partial charge in [-0.05, 0) is 122 Å². The molecule has 0 N–H and O–H groups in total. The SMILES string of the molecule is CCCCn1c2cccc3c2c2c1cc(Oc1cccc(N4CN(c5c(-c6ccccc6)cc(C(C)(C)C)cc5-c5cc(C(C)(C)C)cc(C(C)(C)C)c5)c5ccccc54)c1)cc2n3-c1cc(C(C)(C)C)ccn1. The average Bonchev–Trinajstić information content (AvgIpc) is 4.05. The van der Waals surface area contributed by atoms with Gasteiger partial charge >= 0.3 is 0 Å². The smallest absolute Gasteiger partial charge is 0.137 e. The zero-order chi connectivity index (χ0) is 52.1. The molecule has 0 spiro atoms. The number of aromatic nitrogens is 3. The molecule has 6 nitrogen and oxygen atoms in total. The number of aryl methyl sites for hydroxylation is 1. The zero-order valence-corrected chi connectivity index (χ0v) is 46.0. The average molecular weight is 976 g/mol. The summed E-state index contributed by atoms with van der Waals surface area (Å²) in [5.41, 5.74) is 19.2. The first-order valence-corrected chi connectivity index (χ1v) is 26.9. The van der Waals surface area contributed by atoms with Crippen molar-refractivity contribution in [1.29, 1.82) is 0 Å². The van der Waals surface area contributed by atoms with Crippen LogP contribution in [0.3, 0.4) is 0 Å². The van der Waals surface area contributed by atoms with Gasteiger partial charge in [0, 0.05) is 58.5 Å². The van der Waals surface area contributed by atoms with E-state index in [9.17, 15) is 0 Å². The summed E-state index contributed by atoms with van der Waals surface area (Å²) in [6.45, 7) is 31.6. The molecule has 11 rings (SSSR count). The van der Waals surface area contributed by atoms with Crippen LogP contribution in [0.25, 0.3) is 60.9 Å². The normalized spacial score (nSPS) is 13.5. The van der Waals surface area contributed by atoms with Crippen molar-refractivity contribution in [1.82, 2.24) is 14.1 Å². The first kappa shape index (κ1) is 48.9. The van der Waals surface area contributed by atoms with Crippen LogP contribution < -0.4 is 14.5 Å². The van der Waals surface area contributed by atoms with Crippen molar-refractivity contribution in [3.05, 3.63) is 180 Å². The van der Waals surface area contributed by atoms with E-state index >= 15 is 0 Å². The lowest BCUT2D eigenvalue weighted by molar-refractivity contribution is 0.483. The molecular weight excluding hydrogens is 903 g/mol. The van der Waals surface area contributed by atoms with Gasteiger partial charge in [0.1, 0.15) is 24.0 Å². The predicted octanol–water partition coefficient (Wildman–Crippen LogP) is 18.9. The molecular formula is C68H73N5O. The molecule has 0 bridgehead atoms. The monoisotopic (exact) mass is 976 g/mol. The standard InChI is InChI=1S/C68H73N5O/c1-14-15-33-70-57-29-22-30-58-62(57)63-59(70)41-52(42-60(63)73(58)61-39-46(31-32-69-61)65(2,3)4)74-51-26-21-25-50(40-51)71-43-72(56-28-20-19-27-55(56)71)64-53(44-23-17-16-18-24-44)37-49(68(11,12)13)38-54(64)45-34-47(66(5,6)7)36-48(35-45)67(8,9)10/h16-32,34-42H,14-15,33,43H2,1-13H3. The molecule has 0 saturated carbocycles. The van der Waals surface area contributed by atoms with Crippen molar-refractivity contribution in [2.45, 2.75) is 131 Å². The van der Waals surface area contributed by atoms with E-state index in [4.69, 9.17) is 9.72 Å². The Hall–Kier alpha value is -7.31. The molecule has 7 aromatic carbocycles. The van der Waals surface area contributed by atoms with Crippen molar-refractivity contribution in [3.63, 3.8) is 0 Å². The summed E-state index contributed by atoms with van der Waals surface area (Å²) in [5.74, 6) is 2.50. The molecule has 0 amide bonds. The van der Waals surface area contributed by atoms with Crippen molar-refractivity contribution in [2.24, 2.45) is 0 Å². The maximum Gasteiger partial charge on any atom is 0.137 e. The molecule has 0 aliphatic carbocycles. The molecule has 1 aliphatic heterocycles. The van der Waals surface area contributed by atoms with Gasteiger partial charge in [-0.2, -0.15) is 0 Å². The third-order valence-corrected chi connectivity index (χ3v) is 15.4. The molecule has 3 aromatic heterocycles. The van der Waals surface area contributed by atoms with Crippen molar-refractivity contribution >= 4 is 55.6 Å². The quantitative estimate of drug-likeness (QED) is 0.137. The van der Waals surface area contributed by atoms with Gasteiger partial charge in [0.25, 0.3) is 0 Å². The molecule has 10 aromatic rings. The lowest BCUT2D eigenvalue weighted by atomic mass is 9.77. The molecule has 4 heterocycles. The molecule has 0 radical (unpaired) electrons. The Balaban J connectivity index is 1.05. The van der Waals surface area contributed by atoms with E-state index < -0.39 is 0 Å². The Bertz CT molecular complexity index is 3680. The van der Waals surface area contributed by atoms with Crippen LogP contribution in [-0.4, -0.2) is 20.8 Å². The molecule has 6 heteroatoms. The van der Waals surface area contributed by atoms with Gasteiger partial charge in [0.05, 0.1) is 39.1 Å². The van der Waals surface area contributed by atoms with Crippen LogP contribution in [0.2, 0.25) is 0 Å². The van der Waals surface area contributed by atoms with E-state index in [-0.39, 0.29) is 21.7 Å². The Morgan fingerprint density at radius 3 is 1.72 bits per heavy atom. The molecule has 0 fully saturated rings. The summed E-state index contributed by atoms with van der Waals surface area (Å²) >= 11 is 0. The minimum atomic E-state index is -0.0923. The van der Waals surface area contributed by atoms with Crippen LogP contribution >= 0.6 is 0 Å². The molecule has 0 atom stereocenters. The van der Waals surface area contributed by atoms with Gasteiger partial charge in [-0.3, -0.25) is 4.57 Å². The molecule has 0 unspecified atom stereocenters. The first-order valence-electron chi connectivity index (χ1n) is 26.9. The van der Waals surface area contributed by atoms with Gasteiger partial charge < -0.3 is 19.1 Å². The van der Waals surface area contributed by atoms with E-state index in [1.807, 2.05) is 6.20 Å². The number of unbranched alkanes of at least 4 members (excludes halogenated alkanes) is 1.